The molecule has 0 fully saturated rings. The van der Waals surface area contributed by atoms with Gasteiger partial charge in [-0.15, -0.1) is 0 Å². The molecule has 0 aromatic rings. The minimum absolute atomic E-state index is 0.271. The molecule has 0 aliphatic heterocycles. The molecular weight excluding hydrogens is 236 g/mol. The van der Waals surface area contributed by atoms with Gasteiger partial charge in [-0.05, 0) is 39.7 Å². The lowest BCUT2D eigenvalue weighted by molar-refractivity contribution is -0.137. The number of rotatable bonds is 10. The summed E-state index contributed by atoms with van der Waals surface area (Å²) in [6, 6.07) is 0.938. The van der Waals surface area contributed by atoms with Gasteiger partial charge in [0, 0.05) is 19.3 Å². The molecule has 99 valence electrons. The Labute approximate surface area is 106 Å². The van der Waals surface area contributed by atoms with Crippen LogP contribution in [0.2, 0.25) is 6.04 Å². The van der Waals surface area contributed by atoms with Crippen LogP contribution < -0.4 is 0 Å². The van der Waals surface area contributed by atoms with Gasteiger partial charge in [0.05, 0.1) is 6.61 Å². The fourth-order valence-corrected chi connectivity index (χ4v) is 2.79. The Kier molecular flexibility index (Phi) is 11.4. The highest BCUT2D eigenvalue weighted by atomic mass is 28.3. The molecule has 0 spiro atoms. The highest BCUT2D eigenvalue weighted by molar-refractivity contribution is 6.44. The summed E-state index contributed by atoms with van der Waals surface area (Å²) >= 11 is 0. The topological polar surface area (TPSA) is 44.8 Å². The Hall–Kier alpha value is -0.653. The molecule has 0 atom stereocenters. The van der Waals surface area contributed by atoms with E-state index in [-0.39, 0.29) is 5.97 Å². The number of carbonyl (C=O) groups is 1. The predicted octanol–water partition coefficient (Wildman–Crippen LogP) is 2.45. The maximum atomic E-state index is 11.0. The SMILES string of the molecule is CC=CC(=O)OCCCC[Si](OCC)OCC. The van der Waals surface area contributed by atoms with Crippen LogP contribution in [0.15, 0.2) is 12.2 Å². The molecule has 0 heterocycles. The average molecular weight is 259 g/mol. The van der Waals surface area contributed by atoms with Crippen molar-refractivity contribution in [2.45, 2.75) is 39.7 Å². The fraction of sp³-hybridized carbons (Fsp3) is 0.750. The van der Waals surface area contributed by atoms with Crippen molar-refractivity contribution in [1.82, 2.24) is 0 Å². The lowest BCUT2D eigenvalue weighted by Gasteiger charge is -2.12. The summed E-state index contributed by atoms with van der Waals surface area (Å²) < 4.78 is 16.0. The molecule has 0 aliphatic carbocycles. The summed E-state index contributed by atoms with van der Waals surface area (Å²) in [5.74, 6) is -0.271. The standard InChI is InChI=1S/C12H23O4Si/c1-4-9-12(13)14-10-7-8-11-17(15-5-2)16-6-3/h4,9H,5-8,10-11H2,1-3H3. The van der Waals surface area contributed by atoms with Gasteiger partial charge >= 0.3 is 15.3 Å². The lowest BCUT2D eigenvalue weighted by atomic mass is 10.3. The van der Waals surface area contributed by atoms with Gasteiger partial charge in [0.25, 0.3) is 0 Å². The Bertz CT molecular complexity index is 213. The first-order valence-corrected chi connectivity index (χ1v) is 7.67. The Morgan fingerprint density at radius 2 is 1.82 bits per heavy atom. The van der Waals surface area contributed by atoms with E-state index in [9.17, 15) is 4.79 Å². The third-order valence-electron chi connectivity index (χ3n) is 1.93. The van der Waals surface area contributed by atoms with Crippen LogP contribution in [0.1, 0.15) is 33.6 Å². The number of esters is 1. The number of hydrogen-bond acceptors (Lipinski definition) is 4. The van der Waals surface area contributed by atoms with E-state index < -0.39 is 9.28 Å². The van der Waals surface area contributed by atoms with Gasteiger partial charge < -0.3 is 13.6 Å². The van der Waals surface area contributed by atoms with Crippen LogP contribution in [-0.4, -0.2) is 35.1 Å². The molecule has 0 bridgehead atoms. The fourth-order valence-electron chi connectivity index (χ4n) is 1.24. The minimum Gasteiger partial charge on any atom is -0.463 e. The summed E-state index contributed by atoms with van der Waals surface area (Å²) in [4.78, 5) is 11.0. The molecule has 17 heavy (non-hydrogen) atoms. The van der Waals surface area contributed by atoms with E-state index in [1.54, 1.807) is 13.0 Å². The van der Waals surface area contributed by atoms with E-state index >= 15 is 0 Å². The zero-order valence-corrected chi connectivity index (χ0v) is 12.0. The van der Waals surface area contributed by atoms with Crippen LogP contribution in [0.3, 0.4) is 0 Å². The van der Waals surface area contributed by atoms with Crippen molar-refractivity contribution in [3.63, 3.8) is 0 Å². The summed E-state index contributed by atoms with van der Waals surface area (Å²) in [5, 5.41) is 0. The monoisotopic (exact) mass is 259 g/mol. The van der Waals surface area contributed by atoms with E-state index in [4.69, 9.17) is 13.6 Å². The molecule has 0 aromatic heterocycles. The number of ether oxygens (including phenoxy) is 1. The van der Waals surface area contributed by atoms with Crippen molar-refractivity contribution in [2.75, 3.05) is 19.8 Å². The minimum atomic E-state index is -1.11. The highest BCUT2D eigenvalue weighted by Crippen LogP contribution is 2.05. The van der Waals surface area contributed by atoms with Gasteiger partial charge in [-0.25, -0.2) is 4.79 Å². The lowest BCUT2D eigenvalue weighted by Crippen LogP contribution is -2.22. The molecule has 4 nitrogen and oxygen atoms in total. The molecular formula is C12H23O4Si. The van der Waals surface area contributed by atoms with E-state index in [1.807, 2.05) is 13.8 Å². The molecule has 1 radical (unpaired) electrons. The summed E-state index contributed by atoms with van der Waals surface area (Å²) in [7, 11) is -1.11. The maximum absolute atomic E-state index is 11.0. The van der Waals surface area contributed by atoms with Gasteiger partial charge in [-0.3, -0.25) is 0 Å². The second-order valence-corrected chi connectivity index (χ2v) is 5.18. The summed E-state index contributed by atoms with van der Waals surface area (Å²) in [5.41, 5.74) is 0. The van der Waals surface area contributed by atoms with Crippen LogP contribution >= 0.6 is 0 Å². The number of hydrogen-bond donors (Lipinski definition) is 0. The van der Waals surface area contributed by atoms with Crippen LogP contribution in [0.4, 0.5) is 0 Å². The number of allylic oxidation sites excluding steroid dienone is 1. The van der Waals surface area contributed by atoms with Crippen molar-refractivity contribution in [3.8, 4) is 0 Å². The second kappa shape index (κ2) is 11.8. The maximum Gasteiger partial charge on any atom is 0.384 e. The van der Waals surface area contributed by atoms with Crippen LogP contribution in [0.25, 0.3) is 0 Å². The quantitative estimate of drug-likeness (QED) is 0.262. The molecule has 0 saturated heterocycles. The molecule has 0 saturated carbocycles. The number of carbonyl (C=O) groups excluding carboxylic acids is 1. The van der Waals surface area contributed by atoms with Crippen LogP contribution in [0, 0.1) is 0 Å². The first kappa shape index (κ1) is 16.3. The summed E-state index contributed by atoms with van der Waals surface area (Å²) in [6.45, 7) is 7.61. The molecule has 0 amide bonds. The molecule has 0 aliphatic rings. The Balaban J connectivity index is 3.50. The molecule has 0 aromatic carbocycles. The largest absolute Gasteiger partial charge is 0.463 e. The summed E-state index contributed by atoms with van der Waals surface area (Å²) in [6.07, 6.45) is 4.93. The molecule has 5 heteroatoms. The Morgan fingerprint density at radius 1 is 1.18 bits per heavy atom. The van der Waals surface area contributed by atoms with Crippen molar-refractivity contribution in [2.24, 2.45) is 0 Å². The zero-order valence-electron chi connectivity index (χ0n) is 11.0. The first-order valence-electron chi connectivity index (χ1n) is 6.15. The van der Waals surface area contributed by atoms with Gasteiger partial charge in [0.15, 0.2) is 0 Å². The van der Waals surface area contributed by atoms with Gasteiger partial charge in [0.1, 0.15) is 0 Å². The van der Waals surface area contributed by atoms with Crippen LogP contribution in [0.5, 0.6) is 0 Å². The van der Waals surface area contributed by atoms with Gasteiger partial charge in [-0.2, -0.15) is 0 Å². The van der Waals surface area contributed by atoms with Crippen molar-refractivity contribution in [1.29, 1.82) is 0 Å². The highest BCUT2D eigenvalue weighted by Gasteiger charge is 2.13. The average Bonchev–Trinajstić information content (AvgIpc) is 2.29. The van der Waals surface area contributed by atoms with Crippen molar-refractivity contribution in [3.05, 3.63) is 12.2 Å². The normalized spacial score (nSPS) is 11.3. The van der Waals surface area contributed by atoms with E-state index in [0.717, 1.165) is 18.9 Å². The van der Waals surface area contributed by atoms with E-state index in [2.05, 4.69) is 0 Å². The predicted molar refractivity (Wildman–Crippen MR) is 68.8 cm³/mol. The third-order valence-corrected chi connectivity index (χ3v) is 3.92. The smallest absolute Gasteiger partial charge is 0.384 e. The third kappa shape index (κ3) is 10.2. The van der Waals surface area contributed by atoms with Crippen LogP contribution in [-0.2, 0) is 18.4 Å². The molecule has 0 N–H and O–H groups in total. The first-order chi connectivity index (χ1) is 8.24. The van der Waals surface area contributed by atoms with E-state index in [0.29, 0.717) is 19.8 Å². The zero-order chi connectivity index (χ0) is 12.9. The van der Waals surface area contributed by atoms with Crippen molar-refractivity contribution < 1.29 is 18.4 Å². The number of unbranched alkanes of at least 4 members (excludes halogenated alkanes) is 1. The van der Waals surface area contributed by atoms with E-state index in [1.165, 1.54) is 6.08 Å². The van der Waals surface area contributed by atoms with Gasteiger partial charge in [-0.1, -0.05) is 6.08 Å². The molecule has 0 rings (SSSR count). The van der Waals surface area contributed by atoms with Crippen molar-refractivity contribution >= 4 is 15.3 Å². The second-order valence-electron chi connectivity index (χ2n) is 3.36. The van der Waals surface area contributed by atoms with Gasteiger partial charge in [0.2, 0.25) is 0 Å². The Morgan fingerprint density at radius 3 is 2.35 bits per heavy atom. The molecule has 0 unspecified atom stereocenters.